The van der Waals surface area contributed by atoms with E-state index in [-0.39, 0.29) is 24.3 Å². The van der Waals surface area contributed by atoms with Gasteiger partial charge in [0.1, 0.15) is 5.60 Å². The van der Waals surface area contributed by atoms with E-state index in [1.165, 1.54) is 0 Å². The summed E-state index contributed by atoms with van der Waals surface area (Å²) in [7, 11) is 0. The molecule has 0 bridgehead atoms. The molecule has 0 saturated heterocycles. The molecule has 0 aliphatic rings. The molecule has 1 unspecified atom stereocenters. The van der Waals surface area contributed by atoms with Gasteiger partial charge in [-0.15, -0.1) is 0 Å². The Morgan fingerprint density at radius 1 is 1.29 bits per heavy atom. The smallest absolute Gasteiger partial charge is 0.308 e. The van der Waals surface area contributed by atoms with E-state index in [1.54, 1.807) is 45.0 Å². The molecule has 1 atom stereocenters. The Kier molecular flexibility index (Phi) is 8.11. The number of hydrogen-bond acceptors (Lipinski definition) is 4. The third-order valence-corrected chi connectivity index (χ3v) is 3.75. The topological polar surface area (TPSA) is 72.5 Å². The molecule has 0 radical (unpaired) electrons. The summed E-state index contributed by atoms with van der Waals surface area (Å²) in [4.78, 5) is 35.5. The molecule has 1 amide bonds. The Labute approximate surface area is 151 Å². The molecule has 0 aliphatic carbocycles. The molecule has 5 nitrogen and oxygen atoms in total. The zero-order valence-corrected chi connectivity index (χ0v) is 15.9. The first-order chi connectivity index (χ1) is 11.3. The van der Waals surface area contributed by atoms with Gasteiger partial charge in [-0.3, -0.25) is 14.4 Å². The number of nitrogens with one attached hydrogen (secondary N) is 1. The number of amides is 1. The molecule has 1 aromatic carbocycles. The van der Waals surface area contributed by atoms with E-state index in [0.29, 0.717) is 23.8 Å². The zero-order valence-electron chi connectivity index (χ0n) is 14.3. The van der Waals surface area contributed by atoms with Crippen LogP contribution in [0.2, 0.25) is 0 Å². The molecule has 1 aromatic rings. The van der Waals surface area contributed by atoms with E-state index in [0.717, 1.165) is 11.8 Å². The Balaban J connectivity index is 2.79. The van der Waals surface area contributed by atoms with Crippen LogP contribution < -0.4 is 5.32 Å². The van der Waals surface area contributed by atoms with Crippen molar-refractivity contribution < 1.29 is 19.1 Å². The summed E-state index contributed by atoms with van der Waals surface area (Å²) < 4.78 is 5.32. The van der Waals surface area contributed by atoms with Crippen LogP contribution in [0.5, 0.6) is 0 Å². The van der Waals surface area contributed by atoms with E-state index >= 15 is 0 Å². The van der Waals surface area contributed by atoms with Crippen molar-refractivity contribution in [1.82, 2.24) is 5.32 Å². The molecule has 1 N–H and O–H groups in total. The molecular weight excluding hydrogens is 374 g/mol. The van der Waals surface area contributed by atoms with E-state index in [1.807, 2.05) is 0 Å². The fourth-order valence-electron chi connectivity index (χ4n) is 2.20. The molecule has 6 heteroatoms. The van der Waals surface area contributed by atoms with Crippen LogP contribution in [-0.4, -0.2) is 35.1 Å². The lowest BCUT2D eigenvalue weighted by molar-refractivity contribution is -0.155. The van der Waals surface area contributed by atoms with Crippen LogP contribution in [0.3, 0.4) is 0 Å². The summed E-state index contributed by atoms with van der Waals surface area (Å²) in [5.41, 5.74) is 0.0672. The first-order valence-electron chi connectivity index (χ1n) is 7.89. The summed E-state index contributed by atoms with van der Waals surface area (Å²) in [5.74, 6) is -0.716. The van der Waals surface area contributed by atoms with E-state index < -0.39 is 5.60 Å². The number of halogens is 1. The molecule has 0 fully saturated rings. The minimum Gasteiger partial charge on any atom is -0.460 e. The Morgan fingerprint density at radius 2 is 1.96 bits per heavy atom. The van der Waals surface area contributed by atoms with Crippen molar-refractivity contribution in [2.75, 3.05) is 5.33 Å². The van der Waals surface area contributed by atoms with E-state index in [4.69, 9.17) is 4.74 Å². The van der Waals surface area contributed by atoms with Crippen LogP contribution in [-0.2, 0) is 9.53 Å². The lowest BCUT2D eigenvalue weighted by Gasteiger charge is -2.23. The van der Waals surface area contributed by atoms with Gasteiger partial charge in [-0.25, -0.2) is 0 Å². The Hall–Kier alpha value is -1.69. The molecule has 24 heavy (non-hydrogen) atoms. The van der Waals surface area contributed by atoms with Gasteiger partial charge >= 0.3 is 5.97 Å². The molecule has 0 aromatic heterocycles. The molecular formula is C18H24BrNO4. The average molecular weight is 398 g/mol. The summed E-state index contributed by atoms with van der Waals surface area (Å²) >= 11 is 3.35. The molecule has 0 saturated carbocycles. The number of carbonyl (C=O) groups excluding carboxylic acids is 3. The largest absolute Gasteiger partial charge is 0.460 e. The van der Waals surface area contributed by atoms with Crippen LogP contribution in [0.1, 0.15) is 60.7 Å². The molecule has 0 heterocycles. The lowest BCUT2D eigenvalue weighted by atomic mass is 10.0. The standard InChI is InChI=1S/C18H24BrNO4/c1-18(2,3)24-16(22)11-14(8-6-10-19)20-17(23)15-9-5-4-7-13(15)12-21/h4-5,7,9,12,14H,6,8,10-11H2,1-3H3,(H,20,23). The Morgan fingerprint density at radius 3 is 2.54 bits per heavy atom. The number of esters is 1. The number of benzene rings is 1. The fraction of sp³-hybridized carbons (Fsp3) is 0.500. The highest BCUT2D eigenvalue weighted by Gasteiger charge is 2.22. The highest BCUT2D eigenvalue weighted by molar-refractivity contribution is 9.09. The van der Waals surface area contributed by atoms with Crippen molar-refractivity contribution in [3.05, 3.63) is 35.4 Å². The fourth-order valence-corrected chi connectivity index (χ4v) is 2.53. The minimum absolute atomic E-state index is 0.0965. The average Bonchev–Trinajstić information content (AvgIpc) is 2.50. The van der Waals surface area contributed by atoms with Gasteiger partial charge < -0.3 is 10.1 Å². The van der Waals surface area contributed by atoms with Crippen LogP contribution in [0, 0.1) is 0 Å². The van der Waals surface area contributed by atoms with Gasteiger partial charge in [-0.05, 0) is 39.7 Å². The number of carbonyl (C=O) groups is 3. The number of aldehydes is 1. The predicted octanol–water partition coefficient (Wildman–Crippen LogP) is 3.50. The number of alkyl halides is 1. The quantitative estimate of drug-likeness (QED) is 0.413. The van der Waals surface area contributed by atoms with Gasteiger partial charge in [-0.2, -0.15) is 0 Å². The monoisotopic (exact) mass is 397 g/mol. The first kappa shape index (κ1) is 20.4. The predicted molar refractivity (Wildman–Crippen MR) is 96.6 cm³/mol. The third kappa shape index (κ3) is 7.25. The Bertz CT molecular complexity index is 581. The first-order valence-corrected chi connectivity index (χ1v) is 9.02. The summed E-state index contributed by atoms with van der Waals surface area (Å²) in [5, 5.41) is 3.62. The van der Waals surface area contributed by atoms with Gasteiger partial charge in [0.25, 0.3) is 5.91 Å². The van der Waals surface area contributed by atoms with Crippen molar-refractivity contribution in [3.63, 3.8) is 0 Å². The van der Waals surface area contributed by atoms with Gasteiger partial charge in [0.05, 0.1) is 6.42 Å². The van der Waals surface area contributed by atoms with Gasteiger partial charge in [-0.1, -0.05) is 34.1 Å². The molecule has 132 valence electrons. The summed E-state index contributed by atoms with van der Waals surface area (Å²) in [6, 6.07) is 6.23. The maximum absolute atomic E-state index is 12.4. The lowest BCUT2D eigenvalue weighted by Crippen LogP contribution is -2.38. The highest BCUT2D eigenvalue weighted by atomic mass is 79.9. The van der Waals surface area contributed by atoms with Crippen LogP contribution in [0.25, 0.3) is 0 Å². The number of rotatable bonds is 8. The maximum atomic E-state index is 12.4. The summed E-state index contributed by atoms with van der Waals surface area (Å²) in [6.07, 6.45) is 2.19. The van der Waals surface area contributed by atoms with Crippen molar-refractivity contribution in [1.29, 1.82) is 0 Å². The van der Waals surface area contributed by atoms with Crippen LogP contribution in [0.15, 0.2) is 24.3 Å². The minimum atomic E-state index is -0.564. The SMILES string of the molecule is CC(C)(C)OC(=O)CC(CCCBr)NC(=O)c1ccccc1C=O. The second-order valence-electron chi connectivity index (χ2n) is 6.50. The van der Waals surface area contributed by atoms with Crippen LogP contribution >= 0.6 is 15.9 Å². The normalized spacial score (nSPS) is 12.3. The number of ether oxygens (including phenoxy) is 1. The van der Waals surface area contributed by atoms with Crippen molar-refractivity contribution >= 4 is 34.1 Å². The summed E-state index contributed by atoms with van der Waals surface area (Å²) in [6.45, 7) is 5.41. The van der Waals surface area contributed by atoms with Crippen molar-refractivity contribution in [2.24, 2.45) is 0 Å². The van der Waals surface area contributed by atoms with Gasteiger partial charge in [0, 0.05) is 22.5 Å². The molecule has 0 spiro atoms. The van der Waals surface area contributed by atoms with Crippen molar-refractivity contribution in [3.8, 4) is 0 Å². The second-order valence-corrected chi connectivity index (χ2v) is 7.29. The second kappa shape index (κ2) is 9.57. The maximum Gasteiger partial charge on any atom is 0.308 e. The molecule has 1 rings (SSSR count). The third-order valence-electron chi connectivity index (χ3n) is 3.19. The van der Waals surface area contributed by atoms with Gasteiger partial charge in [0.15, 0.2) is 6.29 Å². The van der Waals surface area contributed by atoms with Crippen molar-refractivity contribution in [2.45, 2.75) is 51.7 Å². The zero-order chi connectivity index (χ0) is 18.2. The van der Waals surface area contributed by atoms with E-state index in [9.17, 15) is 14.4 Å². The number of hydrogen-bond donors (Lipinski definition) is 1. The molecule has 0 aliphatic heterocycles. The van der Waals surface area contributed by atoms with E-state index in [2.05, 4.69) is 21.2 Å². The van der Waals surface area contributed by atoms with Gasteiger partial charge in [0.2, 0.25) is 0 Å². The van der Waals surface area contributed by atoms with Crippen LogP contribution in [0.4, 0.5) is 0 Å². The highest BCUT2D eigenvalue weighted by Crippen LogP contribution is 2.13.